The van der Waals surface area contributed by atoms with Crippen LogP contribution in [0.1, 0.15) is 108 Å². The summed E-state index contributed by atoms with van der Waals surface area (Å²) in [4.78, 5) is 11.4. The van der Waals surface area contributed by atoms with Gasteiger partial charge in [0.25, 0.3) is 0 Å². The molecule has 0 aromatic heterocycles. The van der Waals surface area contributed by atoms with Crippen molar-refractivity contribution in [3.63, 3.8) is 0 Å². The van der Waals surface area contributed by atoms with Crippen LogP contribution in [0.25, 0.3) is 0 Å². The highest BCUT2D eigenvalue weighted by molar-refractivity contribution is 5.86. The van der Waals surface area contributed by atoms with Crippen LogP contribution in [0.3, 0.4) is 0 Å². The SMILES string of the molecule is C=C(C)C(=O)OCCOCCOCCOc1ccc(C(c2ccc(C(C)(C)C)cc2)(c2ccc(C(C)(C)C)cc2)c2ccc(C(C)(C)C)cc2)cc1. The highest BCUT2D eigenvalue weighted by Gasteiger charge is 2.39. The van der Waals surface area contributed by atoms with Gasteiger partial charge in [0.2, 0.25) is 0 Å². The fourth-order valence-corrected chi connectivity index (χ4v) is 6.32. The second kappa shape index (κ2) is 17.1. The zero-order chi connectivity index (χ0) is 38.2. The highest BCUT2D eigenvalue weighted by atomic mass is 16.6. The minimum atomic E-state index is -0.576. The van der Waals surface area contributed by atoms with Gasteiger partial charge in [0.1, 0.15) is 19.0 Å². The maximum absolute atomic E-state index is 11.4. The number of rotatable bonds is 15. The van der Waals surface area contributed by atoms with Crippen LogP contribution in [0.5, 0.6) is 5.75 Å². The Balaban J connectivity index is 1.62. The third-order valence-corrected chi connectivity index (χ3v) is 9.52. The molecule has 4 aromatic carbocycles. The number of benzene rings is 4. The monoisotopic (exact) mass is 704 g/mol. The van der Waals surface area contributed by atoms with Crippen LogP contribution in [-0.4, -0.2) is 45.6 Å². The molecule has 0 bridgehead atoms. The van der Waals surface area contributed by atoms with E-state index in [0.29, 0.717) is 38.6 Å². The smallest absolute Gasteiger partial charge is 0.333 e. The lowest BCUT2D eigenvalue weighted by molar-refractivity contribution is -0.140. The molecule has 0 aliphatic rings. The zero-order valence-corrected chi connectivity index (χ0v) is 33.2. The van der Waals surface area contributed by atoms with E-state index in [2.05, 4.69) is 166 Å². The molecule has 5 nitrogen and oxygen atoms in total. The van der Waals surface area contributed by atoms with E-state index in [9.17, 15) is 4.79 Å². The molecule has 0 aliphatic carbocycles. The predicted molar refractivity (Wildman–Crippen MR) is 214 cm³/mol. The average molecular weight is 705 g/mol. The van der Waals surface area contributed by atoms with Crippen molar-refractivity contribution in [1.29, 1.82) is 0 Å². The predicted octanol–water partition coefficient (Wildman–Crippen LogP) is 10.5. The lowest BCUT2D eigenvalue weighted by atomic mass is 9.64. The zero-order valence-electron chi connectivity index (χ0n) is 33.2. The van der Waals surface area contributed by atoms with Crippen LogP contribution >= 0.6 is 0 Å². The minimum absolute atomic E-state index is 0.0425. The summed E-state index contributed by atoms with van der Waals surface area (Å²) in [7, 11) is 0. The number of hydrogen-bond donors (Lipinski definition) is 0. The standard InChI is InChI=1S/C47H60O5/c1-34(2)43(48)52-33-31-50-29-28-49-30-32-51-42-26-24-41(25-27-42)47(38-18-12-35(13-19-38)44(3,4)5,39-20-14-36(15-21-39)45(6,7)8)40-22-16-37(17-23-40)46(9,10)11/h12-27H,1,28-33H2,2-11H3. The first-order chi connectivity index (χ1) is 24.4. The molecular weight excluding hydrogens is 645 g/mol. The van der Waals surface area contributed by atoms with Gasteiger partial charge >= 0.3 is 5.97 Å². The fourth-order valence-electron chi connectivity index (χ4n) is 6.32. The molecule has 0 spiro atoms. The Kier molecular flexibility index (Phi) is 13.3. The van der Waals surface area contributed by atoms with E-state index in [1.807, 2.05) is 0 Å². The molecule has 0 aliphatic heterocycles. The van der Waals surface area contributed by atoms with Crippen molar-refractivity contribution < 1.29 is 23.7 Å². The Hall–Kier alpha value is -4.19. The average Bonchev–Trinajstić information content (AvgIpc) is 3.09. The normalized spacial score (nSPS) is 12.4. The van der Waals surface area contributed by atoms with E-state index in [-0.39, 0.29) is 22.9 Å². The molecule has 0 saturated heterocycles. The summed E-state index contributed by atoms with van der Waals surface area (Å²) < 4.78 is 22.3. The highest BCUT2D eigenvalue weighted by Crippen LogP contribution is 2.47. The topological polar surface area (TPSA) is 54.0 Å². The molecule has 0 radical (unpaired) electrons. The molecule has 0 heterocycles. The third-order valence-electron chi connectivity index (χ3n) is 9.52. The first-order valence-electron chi connectivity index (χ1n) is 18.5. The van der Waals surface area contributed by atoms with Gasteiger partial charge in [-0.3, -0.25) is 0 Å². The van der Waals surface area contributed by atoms with Gasteiger partial charge in [-0.2, -0.15) is 0 Å². The molecule has 0 fully saturated rings. The van der Waals surface area contributed by atoms with Gasteiger partial charge < -0.3 is 18.9 Å². The van der Waals surface area contributed by atoms with Crippen LogP contribution in [0, 0.1) is 0 Å². The van der Waals surface area contributed by atoms with Crippen molar-refractivity contribution in [1.82, 2.24) is 0 Å². The fraction of sp³-hybridized carbons (Fsp3) is 0.426. The Morgan fingerprint density at radius 1 is 0.462 bits per heavy atom. The quantitative estimate of drug-likeness (QED) is 0.0534. The maximum Gasteiger partial charge on any atom is 0.333 e. The second-order valence-electron chi connectivity index (χ2n) is 16.7. The van der Waals surface area contributed by atoms with Crippen molar-refractivity contribution in [3.05, 3.63) is 148 Å². The van der Waals surface area contributed by atoms with Gasteiger partial charge in [-0.25, -0.2) is 4.79 Å². The van der Waals surface area contributed by atoms with E-state index in [1.165, 1.54) is 33.4 Å². The molecular formula is C47H60O5. The van der Waals surface area contributed by atoms with Crippen molar-refractivity contribution in [3.8, 4) is 5.75 Å². The van der Waals surface area contributed by atoms with Gasteiger partial charge in [0.15, 0.2) is 0 Å². The summed E-state index contributed by atoms with van der Waals surface area (Å²) >= 11 is 0. The Labute approximate surface area is 313 Å². The molecule has 0 N–H and O–H groups in total. The summed E-state index contributed by atoms with van der Waals surface area (Å²) in [5, 5.41) is 0. The summed E-state index contributed by atoms with van der Waals surface area (Å²) in [5.41, 5.74) is 8.64. The maximum atomic E-state index is 11.4. The Morgan fingerprint density at radius 3 is 1.08 bits per heavy atom. The van der Waals surface area contributed by atoms with E-state index in [4.69, 9.17) is 18.9 Å². The second-order valence-corrected chi connectivity index (χ2v) is 16.7. The summed E-state index contributed by atoms with van der Waals surface area (Å²) in [6.45, 7) is 27.7. The Morgan fingerprint density at radius 2 is 0.750 bits per heavy atom. The molecule has 4 aromatic rings. The first-order valence-corrected chi connectivity index (χ1v) is 18.5. The molecule has 52 heavy (non-hydrogen) atoms. The lowest BCUT2D eigenvalue weighted by Crippen LogP contribution is -2.31. The van der Waals surface area contributed by atoms with Gasteiger partial charge in [0.05, 0.1) is 31.8 Å². The summed E-state index contributed by atoms with van der Waals surface area (Å²) in [6, 6.07) is 36.2. The number of esters is 1. The molecule has 4 rings (SSSR count). The van der Waals surface area contributed by atoms with Crippen molar-refractivity contribution in [2.75, 3.05) is 39.6 Å². The molecule has 0 atom stereocenters. The lowest BCUT2D eigenvalue weighted by Gasteiger charge is -2.38. The van der Waals surface area contributed by atoms with Crippen LogP contribution in [0.15, 0.2) is 109 Å². The van der Waals surface area contributed by atoms with Crippen LogP contribution < -0.4 is 4.74 Å². The molecule has 5 heteroatoms. The number of carbonyl (C=O) groups is 1. The van der Waals surface area contributed by atoms with Gasteiger partial charge in [0, 0.05) is 5.57 Å². The minimum Gasteiger partial charge on any atom is -0.491 e. The number of hydrogen-bond acceptors (Lipinski definition) is 5. The Bertz CT molecular complexity index is 1590. The van der Waals surface area contributed by atoms with Crippen molar-refractivity contribution in [2.45, 2.75) is 90.9 Å². The number of carbonyl (C=O) groups excluding carboxylic acids is 1. The molecule has 0 saturated carbocycles. The van der Waals surface area contributed by atoms with Gasteiger partial charge in [-0.15, -0.1) is 0 Å². The first kappa shape index (κ1) is 40.6. The number of ether oxygens (including phenoxy) is 4. The van der Waals surface area contributed by atoms with E-state index >= 15 is 0 Å². The van der Waals surface area contributed by atoms with E-state index in [0.717, 1.165) is 11.3 Å². The van der Waals surface area contributed by atoms with Crippen LogP contribution in [0.4, 0.5) is 0 Å². The van der Waals surface area contributed by atoms with Gasteiger partial charge in [-0.05, 0) is 74.2 Å². The van der Waals surface area contributed by atoms with Crippen LogP contribution in [-0.2, 0) is 40.7 Å². The van der Waals surface area contributed by atoms with Crippen LogP contribution in [0.2, 0.25) is 0 Å². The van der Waals surface area contributed by atoms with Crippen molar-refractivity contribution in [2.24, 2.45) is 0 Å². The molecule has 0 unspecified atom stereocenters. The third kappa shape index (κ3) is 10.2. The largest absolute Gasteiger partial charge is 0.491 e. The van der Waals surface area contributed by atoms with E-state index in [1.54, 1.807) is 6.92 Å². The molecule has 0 amide bonds. The molecule has 278 valence electrons. The summed E-state index contributed by atoms with van der Waals surface area (Å²) in [5.74, 6) is 0.376. The summed E-state index contributed by atoms with van der Waals surface area (Å²) in [6.07, 6.45) is 0. The van der Waals surface area contributed by atoms with Crippen molar-refractivity contribution >= 4 is 5.97 Å². The van der Waals surface area contributed by atoms with Gasteiger partial charge in [-0.1, -0.05) is 154 Å². The van der Waals surface area contributed by atoms with E-state index < -0.39 is 11.4 Å².